The summed E-state index contributed by atoms with van der Waals surface area (Å²) in [5.74, 6) is 0.703. The predicted octanol–water partition coefficient (Wildman–Crippen LogP) is 9.02. The number of hydrogen-bond acceptors (Lipinski definition) is 6. The van der Waals surface area contributed by atoms with Crippen molar-refractivity contribution in [2.45, 2.75) is 84.7 Å². The van der Waals surface area contributed by atoms with Crippen molar-refractivity contribution in [3.05, 3.63) is 117 Å². The van der Waals surface area contributed by atoms with E-state index in [2.05, 4.69) is 74.4 Å². The van der Waals surface area contributed by atoms with Crippen LogP contribution in [0.4, 0.5) is 22.0 Å². The Labute approximate surface area is 331 Å². The van der Waals surface area contributed by atoms with Crippen LogP contribution in [-0.4, -0.2) is 34.9 Å². The Morgan fingerprint density at radius 1 is 0.927 bits per heavy atom. The lowest BCUT2D eigenvalue weighted by Gasteiger charge is -2.32. The van der Waals surface area contributed by atoms with Gasteiger partial charge in [-0.2, -0.15) is 4.57 Å². The van der Waals surface area contributed by atoms with Crippen LogP contribution in [-0.2, 0) is 10.8 Å². The van der Waals surface area contributed by atoms with Gasteiger partial charge in [0, 0.05) is 41.4 Å². The maximum Gasteiger partial charge on any atom is 0.346 e. The van der Waals surface area contributed by atoms with E-state index in [0.29, 0.717) is 29.3 Å². The van der Waals surface area contributed by atoms with Gasteiger partial charge in [-0.1, -0.05) is 95.9 Å². The van der Waals surface area contributed by atoms with Crippen LogP contribution in [0, 0.1) is 0 Å². The van der Waals surface area contributed by atoms with Crippen molar-refractivity contribution in [1.82, 2.24) is 9.78 Å². The summed E-state index contributed by atoms with van der Waals surface area (Å²) in [5, 5.41) is 22.3. The number of ether oxygens (including phenoxy) is 2. The molecule has 3 N–H and O–H groups in total. The molecule has 2 heterocycles. The van der Waals surface area contributed by atoms with Crippen molar-refractivity contribution in [2.75, 3.05) is 17.7 Å². The Balaban J connectivity index is 1.39. The standard InChI is InChI=1S/C42H48Cl2N6O5/c1-9-33(55-34-19-18-26(41(4,5)10-2)22-30(34)42(6,7)11-3)38(51)45-27-16-15-17-28(23-27)46-40(53)47-37-36(49-20-13-12-14-21-49)39(52)50(48-37)35-31(43)24-29(54-8)25-32(35)44/h12-25,33H,9-11H2,1-8H3,(H3-,45,46,47,48,51,52,53). The molecule has 55 heavy (non-hydrogen) atoms. The first-order valence-corrected chi connectivity index (χ1v) is 19.0. The Bertz CT molecular complexity index is 2220. The number of carbonyl (C=O) groups is 1. The van der Waals surface area contributed by atoms with Crippen LogP contribution >= 0.6 is 23.2 Å². The SMILES string of the molecule is CCC(Oc1ccc(C(C)(C)CC)cc1C(C)(C)CC)C([O-])=Nc1cccc(NC(=O)Nc2[nH]n(-c3c(Cl)cc(OC)cc3Cl)c(=O)c2-[n+]2ccccc2)c1. The average Bonchev–Trinajstić information content (AvgIpc) is 3.47. The molecule has 1 unspecified atom stereocenters. The van der Waals surface area contributed by atoms with Crippen molar-refractivity contribution in [1.29, 1.82) is 0 Å². The second-order valence-corrected chi connectivity index (χ2v) is 15.3. The van der Waals surface area contributed by atoms with Gasteiger partial charge in [-0.15, -0.1) is 0 Å². The van der Waals surface area contributed by atoms with E-state index in [9.17, 15) is 14.7 Å². The maximum atomic E-state index is 13.8. The van der Waals surface area contributed by atoms with Gasteiger partial charge in [0.05, 0.1) is 22.8 Å². The smallest absolute Gasteiger partial charge is 0.346 e. The second-order valence-electron chi connectivity index (χ2n) is 14.5. The summed E-state index contributed by atoms with van der Waals surface area (Å²) in [7, 11) is 1.48. The van der Waals surface area contributed by atoms with Crippen molar-refractivity contribution < 1.29 is 23.9 Å². The van der Waals surface area contributed by atoms with Crippen molar-refractivity contribution in [3.63, 3.8) is 0 Å². The van der Waals surface area contributed by atoms with Gasteiger partial charge < -0.3 is 19.9 Å². The molecule has 11 nitrogen and oxygen atoms in total. The van der Waals surface area contributed by atoms with E-state index in [1.807, 2.05) is 13.0 Å². The molecular weight excluding hydrogens is 739 g/mol. The molecule has 2 aromatic heterocycles. The van der Waals surface area contributed by atoms with Crippen LogP contribution in [0.15, 0.2) is 95.0 Å². The number of nitrogens with zero attached hydrogens (tertiary/aromatic N) is 3. The Hall–Kier alpha value is -5.26. The monoisotopic (exact) mass is 786 g/mol. The Kier molecular flexibility index (Phi) is 12.7. The second kappa shape index (κ2) is 17.0. The number of hydrogen-bond donors (Lipinski definition) is 3. The summed E-state index contributed by atoms with van der Waals surface area (Å²) in [5.41, 5.74) is 2.54. The number of nitrogens with one attached hydrogen (secondary N) is 3. The minimum absolute atomic E-state index is 0.00625. The largest absolute Gasteiger partial charge is 0.859 e. The number of urea groups is 1. The lowest BCUT2D eigenvalue weighted by Crippen LogP contribution is -2.37. The molecule has 5 rings (SSSR count). The summed E-state index contributed by atoms with van der Waals surface area (Å²) in [4.78, 5) is 31.6. The molecule has 3 aromatic carbocycles. The Morgan fingerprint density at radius 2 is 1.60 bits per heavy atom. The molecule has 0 aliphatic carbocycles. The molecule has 0 spiro atoms. The highest BCUT2D eigenvalue weighted by molar-refractivity contribution is 6.38. The normalized spacial score (nSPS) is 12.7. The van der Waals surface area contributed by atoms with Gasteiger partial charge in [0.15, 0.2) is 12.4 Å². The zero-order chi connectivity index (χ0) is 40.1. The molecule has 13 heteroatoms. The number of halogens is 2. The van der Waals surface area contributed by atoms with Crippen LogP contribution in [0.5, 0.6) is 11.5 Å². The molecule has 1 atom stereocenters. The number of aromatic nitrogens is 3. The topological polar surface area (TPSA) is 137 Å². The number of aromatic amines is 1. The highest BCUT2D eigenvalue weighted by Crippen LogP contribution is 2.39. The number of carbonyl (C=O) groups excluding carboxylic acids is 1. The highest BCUT2D eigenvalue weighted by Gasteiger charge is 2.29. The first-order valence-electron chi connectivity index (χ1n) is 18.2. The molecule has 0 aliphatic heterocycles. The number of methoxy groups -OCH3 is 1. The number of aliphatic imine (C=N–C) groups is 1. The number of amides is 2. The zero-order valence-corrected chi connectivity index (χ0v) is 33.9. The molecule has 2 amide bonds. The number of H-pyrrole nitrogens is 1. The summed E-state index contributed by atoms with van der Waals surface area (Å²) >= 11 is 13.1. The molecule has 0 radical (unpaired) electrons. The third-order valence-electron chi connectivity index (χ3n) is 10.0. The molecule has 0 aliphatic rings. The fourth-order valence-electron chi connectivity index (χ4n) is 5.90. The fourth-order valence-corrected chi connectivity index (χ4v) is 6.54. The Morgan fingerprint density at radius 3 is 2.22 bits per heavy atom. The van der Waals surface area contributed by atoms with Crippen molar-refractivity contribution >= 4 is 52.3 Å². The molecule has 0 saturated carbocycles. The minimum atomic E-state index is -0.821. The molecule has 0 bridgehead atoms. The van der Waals surface area contributed by atoms with Gasteiger partial charge in [-0.25, -0.2) is 9.48 Å². The molecule has 0 saturated heterocycles. The first kappa shape index (κ1) is 40.9. The lowest BCUT2D eigenvalue weighted by molar-refractivity contribution is -0.595. The summed E-state index contributed by atoms with van der Waals surface area (Å²) in [6, 6.07) is 20.5. The number of rotatable bonds is 14. The summed E-state index contributed by atoms with van der Waals surface area (Å²) in [6.07, 6.45) is 4.79. The molecular formula is C42H48Cl2N6O5. The van der Waals surface area contributed by atoms with Gasteiger partial charge in [0.1, 0.15) is 23.3 Å². The molecule has 5 aromatic rings. The van der Waals surface area contributed by atoms with E-state index < -0.39 is 23.6 Å². The van der Waals surface area contributed by atoms with Gasteiger partial charge in [-0.3, -0.25) is 20.2 Å². The molecule has 0 fully saturated rings. The van der Waals surface area contributed by atoms with E-state index in [-0.39, 0.29) is 38.1 Å². The highest BCUT2D eigenvalue weighted by atomic mass is 35.5. The van der Waals surface area contributed by atoms with E-state index in [0.717, 1.165) is 23.1 Å². The predicted molar refractivity (Wildman–Crippen MR) is 218 cm³/mol. The van der Waals surface area contributed by atoms with Gasteiger partial charge in [-0.05, 0) is 59.9 Å². The molecule has 290 valence electrons. The third kappa shape index (κ3) is 9.17. The van der Waals surface area contributed by atoms with Crippen LogP contribution < -0.4 is 35.3 Å². The third-order valence-corrected chi connectivity index (χ3v) is 10.6. The van der Waals surface area contributed by atoms with Gasteiger partial charge in [0.2, 0.25) is 5.82 Å². The quantitative estimate of drug-likeness (QED) is 0.0586. The number of pyridine rings is 1. The van der Waals surface area contributed by atoms with Crippen LogP contribution in [0.1, 0.15) is 78.9 Å². The van der Waals surface area contributed by atoms with Crippen LogP contribution in [0.2, 0.25) is 10.0 Å². The van der Waals surface area contributed by atoms with Gasteiger partial charge >= 0.3 is 17.3 Å². The fraction of sp³-hybridized carbons (Fsp3) is 0.333. The summed E-state index contributed by atoms with van der Waals surface area (Å²) < 4.78 is 14.4. The summed E-state index contributed by atoms with van der Waals surface area (Å²) in [6.45, 7) is 15.0. The van der Waals surface area contributed by atoms with E-state index in [1.54, 1.807) is 59.4 Å². The van der Waals surface area contributed by atoms with Gasteiger partial charge in [0.25, 0.3) is 0 Å². The van der Waals surface area contributed by atoms with Crippen LogP contribution in [0.3, 0.4) is 0 Å². The van der Waals surface area contributed by atoms with Crippen molar-refractivity contribution in [3.8, 4) is 22.9 Å². The average molecular weight is 788 g/mol. The van der Waals surface area contributed by atoms with E-state index in [1.165, 1.54) is 24.8 Å². The number of benzene rings is 3. The lowest BCUT2D eigenvalue weighted by atomic mass is 9.76. The van der Waals surface area contributed by atoms with Crippen molar-refractivity contribution in [2.24, 2.45) is 4.99 Å². The first-order chi connectivity index (χ1) is 26.1. The minimum Gasteiger partial charge on any atom is -0.859 e. The van der Waals surface area contributed by atoms with Crippen LogP contribution in [0.25, 0.3) is 11.4 Å². The number of anilines is 2. The maximum absolute atomic E-state index is 13.8. The zero-order valence-electron chi connectivity index (χ0n) is 32.4. The van der Waals surface area contributed by atoms with E-state index in [4.69, 9.17) is 32.7 Å². The van der Waals surface area contributed by atoms with E-state index >= 15 is 0 Å².